The van der Waals surface area contributed by atoms with Gasteiger partial charge in [-0.1, -0.05) is 30.3 Å². The monoisotopic (exact) mass is 538 g/mol. The minimum Gasteiger partial charge on any atom is -0.379 e. The number of aromatic nitrogens is 1. The van der Waals surface area contributed by atoms with Gasteiger partial charge in [0.2, 0.25) is 0 Å². The normalized spacial score (nSPS) is 14.4. The molecule has 11 heteroatoms. The van der Waals surface area contributed by atoms with Crippen LogP contribution in [-0.4, -0.2) is 53.1 Å². The number of hydrogen-bond donors (Lipinski definition) is 1. The number of morpholine rings is 1. The van der Waals surface area contributed by atoms with E-state index in [1.165, 1.54) is 36.4 Å². The summed E-state index contributed by atoms with van der Waals surface area (Å²) in [6.45, 7) is 3.73. The lowest BCUT2D eigenvalue weighted by Crippen LogP contribution is -2.38. The SMILES string of the molecule is O=C(Nc1cccc(-c2ccccc2C(F)(F)F)c1)c1cc2ccc([N+](=O)[O-])cc2n1CCN1CCOCC1. The van der Waals surface area contributed by atoms with Crippen LogP contribution in [0.25, 0.3) is 22.0 Å². The first-order valence-corrected chi connectivity index (χ1v) is 12.4. The highest BCUT2D eigenvalue weighted by atomic mass is 19.4. The molecule has 0 unspecified atom stereocenters. The van der Waals surface area contributed by atoms with Gasteiger partial charge < -0.3 is 14.6 Å². The summed E-state index contributed by atoms with van der Waals surface area (Å²) in [5.74, 6) is -0.475. The quantitative estimate of drug-likeness (QED) is 0.237. The number of hydrogen-bond acceptors (Lipinski definition) is 5. The molecule has 0 bridgehead atoms. The van der Waals surface area contributed by atoms with E-state index in [2.05, 4.69) is 10.2 Å². The van der Waals surface area contributed by atoms with Crippen LogP contribution in [0.4, 0.5) is 24.5 Å². The Morgan fingerprint density at radius 1 is 0.974 bits per heavy atom. The van der Waals surface area contributed by atoms with E-state index in [9.17, 15) is 28.1 Å². The van der Waals surface area contributed by atoms with Gasteiger partial charge in [0.05, 0.1) is 29.2 Å². The van der Waals surface area contributed by atoms with Crippen LogP contribution >= 0.6 is 0 Å². The van der Waals surface area contributed by atoms with Crippen molar-refractivity contribution in [2.75, 3.05) is 38.2 Å². The van der Waals surface area contributed by atoms with E-state index in [4.69, 9.17) is 4.74 Å². The smallest absolute Gasteiger partial charge is 0.379 e. The second kappa shape index (κ2) is 10.9. The molecular formula is C28H25F3N4O4. The van der Waals surface area contributed by atoms with E-state index in [0.29, 0.717) is 54.2 Å². The molecular weight excluding hydrogens is 513 g/mol. The number of nitrogens with zero attached hydrogens (tertiary/aromatic N) is 3. The maximum absolute atomic E-state index is 13.6. The van der Waals surface area contributed by atoms with Crippen LogP contribution in [0.5, 0.6) is 0 Å². The molecule has 4 aromatic rings. The number of halogens is 3. The van der Waals surface area contributed by atoms with E-state index in [1.807, 2.05) is 0 Å². The van der Waals surface area contributed by atoms with Crippen LogP contribution in [0.15, 0.2) is 72.8 Å². The molecule has 1 aliphatic heterocycles. The molecule has 2 heterocycles. The molecule has 202 valence electrons. The van der Waals surface area contributed by atoms with E-state index >= 15 is 0 Å². The summed E-state index contributed by atoms with van der Waals surface area (Å²) in [5.41, 5.74) is 0.632. The molecule has 1 N–H and O–H groups in total. The second-order valence-electron chi connectivity index (χ2n) is 9.21. The first kappa shape index (κ1) is 26.4. The first-order chi connectivity index (χ1) is 18.7. The number of amides is 1. The summed E-state index contributed by atoms with van der Waals surface area (Å²) < 4.78 is 47.9. The fourth-order valence-electron chi connectivity index (χ4n) is 4.79. The number of non-ortho nitro benzene ring substituents is 1. The van der Waals surface area contributed by atoms with E-state index in [1.54, 1.807) is 34.9 Å². The van der Waals surface area contributed by atoms with Crippen LogP contribution in [0.3, 0.4) is 0 Å². The van der Waals surface area contributed by atoms with Gasteiger partial charge in [0, 0.05) is 49.4 Å². The Hall–Kier alpha value is -4.22. The van der Waals surface area contributed by atoms with Gasteiger partial charge in [-0.05, 0) is 41.5 Å². The Bertz CT molecular complexity index is 1530. The molecule has 0 spiro atoms. The van der Waals surface area contributed by atoms with E-state index < -0.39 is 22.6 Å². The van der Waals surface area contributed by atoms with Crippen molar-refractivity contribution in [3.05, 3.63) is 94.2 Å². The van der Waals surface area contributed by atoms with Crippen LogP contribution < -0.4 is 5.32 Å². The predicted molar refractivity (Wildman–Crippen MR) is 141 cm³/mol. The average Bonchev–Trinajstić information content (AvgIpc) is 3.30. The number of anilines is 1. The van der Waals surface area contributed by atoms with E-state index in [-0.39, 0.29) is 11.3 Å². The van der Waals surface area contributed by atoms with Crippen molar-refractivity contribution < 1.29 is 27.6 Å². The van der Waals surface area contributed by atoms with Gasteiger partial charge in [-0.15, -0.1) is 0 Å². The highest BCUT2D eigenvalue weighted by molar-refractivity contribution is 6.06. The Balaban J connectivity index is 1.46. The number of nitro groups is 1. The molecule has 3 aromatic carbocycles. The number of alkyl halides is 3. The van der Waals surface area contributed by atoms with Crippen LogP contribution in [-0.2, 0) is 17.5 Å². The largest absolute Gasteiger partial charge is 0.417 e. The van der Waals surface area contributed by atoms with Crippen molar-refractivity contribution in [2.24, 2.45) is 0 Å². The molecule has 0 saturated carbocycles. The summed E-state index contributed by atoms with van der Waals surface area (Å²) >= 11 is 0. The summed E-state index contributed by atoms with van der Waals surface area (Å²) in [6, 6.07) is 17.6. The maximum atomic E-state index is 13.6. The number of carbonyl (C=O) groups is 1. The number of benzene rings is 3. The zero-order valence-electron chi connectivity index (χ0n) is 20.8. The maximum Gasteiger partial charge on any atom is 0.417 e. The van der Waals surface area contributed by atoms with Gasteiger partial charge in [-0.25, -0.2) is 0 Å². The molecule has 1 aliphatic rings. The third kappa shape index (κ3) is 5.79. The highest BCUT2D eigenvalue weighted by Gasteiger charge is 2.33. The number of rotatable bonds is 7. The summed E-state index contributed by atoms with van der Waals surface area (Å²) in [5, 5.41) is 14.9. The molecule has 1 fully saturated rings. The number of carbonyl (C=O) groups excluding carboxylic acids is 1. The molecule has 1 aromatic heterocycles. The lowest BCUT2D eigenvalue weighted by molar-refractivity contribution is -0.384. The second-order valence-corrected chi connectivity index (χ2v) is 9.21. The number of nitro benzene ring substituents is 1. The predicted octanol–water partition coefficient (Wildman–Crippen LogP) is 5.82. The molecule has 0 radical (unpaired) electrons. The molecule has 39 heavy (non-hydrogen) atoms. The summed E-state index contributed by atoms with van der Waals surface area (Å²) in [7, 11) is 0. The van der Waals surface area contributed by atoms with Gasteiger partial charge in [0.25, 0.3) is 11.6 Å². The molecule has 5 rings (SSSR count). The Labute approximate surface area is 221 Å². The van der Waals surface area contributed by atoms with Crippen molar-refractivity contribution in [1.29, 1.82) is 0 Å². The van der Waals surface area contributed by atoms with Gasteiger partial charge >= 0.3 is 6.18 Å². The van der Waals surface area contributed by atoms with Crippen molar-refractivity contribution in [3.8, 4) is 11.1 Å². The molecule has 1 saturated heterocycles. The summed E-state index contributed by atoms with van der Waals surface area (Å²) in [6.07, 6.45) is -4.53. The number of nitrogens with one attached hydrogen (secondary N) is 1. The Morgan fingerprint density at radius 2 is 1.74 bits per heavy atom. The molecule has 8 nitrogen and oxygen atoms in total. The van der Waals surface area contributed by atoms with Crippen molar-refractivity contribution in [2.45, 2.75) is 12.7 Å². The van der Waals surface area contributed by atoms with Gasteiger partial charge in [0.15, 0.2) is 0 Å². The minimum absolute atomic E-state index is 0.00744. The molecule has 1 amide bonds. The average molecular weight is 539 g/mol. The Kier molecular flexibility index (Phi) is 7.36. The fraction of sp³-hybridized carbons (Fsp3) is 0.250. The zero-order valence-corrected chi connectivity index (χ0v) is 20.8. The van der Waals surface area contributed by atoms with Crippen LogP contribution in [0, 0.1) is 10.1 Å². The third-order valence-electron chi connectivity index (χ3n) is 6.74. The fourth-order valence-corrected chi connectivity index (χ4v) is 4.79. The number of ether oxygens (including phenoxy) is 1. The highest BCUT2D eigenvalue weighted by Crippen LogP contribution is 2.37. The van der Waals surface area contributed by atoms with Gasteiger partial charge in [0.1, 0.15) is 5.69 Å². The zero-order chi connectivity index (χ0) is 27.6. The number of fused-ring (bicyclic) bond motifs is 1. The lowest BCUT2D eigenvalue weighted by atomic mass is 9.99. The van der Waals surface area contributed by atoms with Crippen molar-refractivity contribution in [3.63, 3.8) is 0 Å². The Morgan fingerprint density at radius 3 is 2.49 bits per heavy atom. The molecule has 0 aliphatic carbocycles. The first-order valence-electron chi connectivity index (χ1n) is 12.4. The minimum atomic E-state index is -4.53. The summed E-state index contributed by atoms with van der Waals surface area (Å²) in [4.78, 5) is 26.6. The topological polar surface area (TPSA) is 89.6 Å². The van der Waals surface area contributed by atoms with Crippen molar-refractivity contribution in [1.82, 2.24) is 9.47 Å². The van der Waals surface area contributed by atoms with E-state index in [0.717, 1.165) is 19.2 Å². The van der Waals surface area contributed by atoms with Crippen molar-refractivity contribution >= 4 is 28.2 Å². The van der Waals surface area contributed by atoms with Gasteiger partial charge in [-0.2, -0.15) is 13.2 Å². The lowest BCUT2D eigenvalue weighted by Gasteiger charge is -2.27. The van der Waals surface area contributed by atoms with Crippen LogP contribution in [0.2, 0.25) is 0 Å². The van der Waals surface area contributed by atoms with Gasteiger partial charge in [-0.3, -0.25) is 19.8 Å². The third-order valence-corrected chi connectivity index (χ3v) is 6.74. The van der Waals surface area contributed by atoms with Crippen LogP contribution in [0.1, 0.15) is 16.1 Å². The molecule has 0 atom stereocenters. The standard InChI is InChI=1S/C28H25F3N4O4/c29-28(30,31)24-7-2-1-6-23(24)19-4-3-5-21(16-19)32-27(36)26-17-20-8-9-22(35(37)38)18-25(20)34(26)11-10-33-12-14-39-15-13-33/h1-9,16-18H,10-15H2,(H,32,36).